The number of carbonyl (C=O) groups excluding carboxylic acids is 1. The summed E-state index contributed by atoms with van der Waals surface area (Å²) in [7, 11) is 0. The van der Waals surface area contributed by atoms with Crippen molar-refractivity contribution in [3.8, 4) is 16.8 Å². The molecule has 0 aliphatic carbocycles. The van der Waals surface area contributed by atoms with Gasteiger partial charge < -0.3 is 14.5 Å². The summed E-state index contributed by atoms with van der Waals surface area (Å²) in [5.74, 6) is -0.356. The lowest BCUT2D eigenvalue weighted by molar-refractivity contribution is 0.0240. The third-order valence-electron chi connectivity index (χ3n) is 5.51. The van der Waals surface area contributed by atoms with Crippen LogP contribution in [0.3, 0.4) is 0 Å². The van der Waals surface area contributed by atoms with Crippen LogP contribution >= 0.6 is 0 Å². The van der Waals surface area contributed by atoms with Gasteiger partial charge in [-0.2, -0.15) is 0 Å². The zero-order chi connectivity index (χ0) is 23.6. The largest absolute Gasteiger partial charge is 0.444 e. The van der Waals surface area contributed by atoms with Crippen molar-refractivity contribution in [2.24, 2.45) is 0 Å². The van der Waals surface area contributed by atoms with Crippen molar-refractivity contribution in [3.63, 3.8) is 0 Å². The number of aromatic nitrogens is 1. The Kier molecular flexibility index (Phi) is 6.22. The van der Waals surface area contributed by atoms with Gasteiger partial charge in [-0.15, -0.1) is 0 Å². The molecule has 0 radical (unpaired) electrons. The molecule has 0 atom stereocenters. The molecule has 1 aliphatic rings. The van der Waals surface area contributed by atoms with Gasteiger partial charge in [-0.05, 0) is 56.7 Å². The Morgan fingerprint density at radius 2 is 1.55 bits per heavy atom. The summed E-state index contributed by atoms with van der Waals surface area (Å²) in [5.41, 5.74) is 1.95. The lowest BCUT2D eigenvalue weighted by atomic mass is 10.0. The number of para-hydroxylation sites is 1. The second kappa shape index (κ2) is 9.10. The maximum absolute atomic E-state index is 13.6. The Morgan fingerprint density at radius 3 is 2.15 bits per heavy atom. The molecule has 4 rings (SSSR count). The molecule has 2 aromatic carbocycles. The molecule has 0 bridgehead atoms. The molecule has 2 heterocycles. The lowest BCUT2D eigenvalue weighted by Gasteiger charge is -2.37. The monoisotopic (exact) mass is 449 g/mol. The number of anilines is 1. The Bertz CT molecular complexity index is 1180. The number of rotatable bonds is 3. The third kappa shape index (κ3) is 5.08. The van der Waals surface area contributed by atoms with Gasteiger partial charge in [-0.25, -0.2) is 9.18 Å². The van der Waals surface area contributed by atoms with E-state index in [4.69, 9.17) is 4.74 Å². The molecule has 0 spiro atoms. The second-order valence-corrected chi connectivity index (χ2v) is 9.05. The highest BCUT2D eigenvalue weighted by molar-refractivity contribution is 5.78. The van der Waals surface area contributed by atoms with Crippen LogP contribution in [0.2, 0.25) is 0 Å². The van der Waals surface area contributed by atoms with Gasteiger partial charge in [-0.3, -0.25) is 9.36 Å². The Balaban J connectivity index is 1.67. The first kappa shape index (κ1) is 22.6. The van der Waals surface area contributed by atoms with E-state index in [0.717, 1.165) is 11.4 Å². The Hall–Kier alpha value is -3.61. The summed E-state index contributed by atoms with van der Waals surface area (Å²) in [5, 5.41) is 0. The fourth-order valence-corrected chi connectivity index (χ4v) is 3.93. The summed E-state index contributed by atoms with van der Waals surface area (Å²) in [4.78, 5) is 29.8. The van der Waals surface area contributed by atoms with E-state index in [1.54, 1.807) is 27.8 Å². The van der Waals surface area contributed by atoms with Crippen molar-refractivity contribution in [1.82, 2.24) is 9.47 Å². The molecule has 33 heavy (non-hydrogen) atoms. The molecule has 1 amide bonds. The Labute approximate surface area is 192 Å². The molecule has 1 aliphatic heterocycles. The number of halogens is 1. The summed E-state index contributed by atoms with van der Waals surface area (Å²) in [6, 6.07) is 17.3. The first-order valence-electron chi connectivity index (χ1n) is 11.0. The van der Waals surface area contributed by atoms with Crippen LogP contribution in [0.15, 0.2) is 71.7 Å². The van der Waals surface area contributed by atoms with Crippen LogP contribution in [0.4, 0.5) is 14.9 Å². The number of carbonyl (C=O) groups is 1. The molecular formula is C26H28FN3O3. The minimum atomic E-state index is -0.550. The van der Waals surface area contributed by atoms with E-state index in [2.05, 4.69) is 4.90 Å². The van der Waals surface area contributed by atoms with Crippen LogP contribution in [0, 0.1) is 5.82 Å². The van der Waals surface area contributed by atoms with Crippen LogP contribution in [0.5, 0.6) is 0 Å². The first-order chi connectivity index (χ1) is 15.7. The number of ether oxygens (including phenoxy) is 1. The van der Waals surface area contributed by atoms with Gasteiger partial charge in [0, 0.05) is 38.1 Å². The molecule has 0 unspecified atom stereocenters. The topological polar surface area (TPSA) is 54.8 Å². The highest BCUT2D eigenvalue weighted by Gasteiger charge is 2.27. The zero-order valence-corrected chi connectivity index (χ0v) is 19.1. The van der Waals surface area contributed by atoms with Crippen molar-refractivity contribution in [2.45, 2.75) is 26.4 Å². The highest BCUT2D eigenvalue weighted by atomic mass is 19.1. The highest BCUT2D eigenvalue weighted by Crippen LogP contribution is 2.29. The summed E-state index contributed by atoms with van der Waals surface area (Å²) >= 11 is 0. The molecule has 172 valence electrons. The standard InChI is InChI=1S/C26H28FN3O3/c1-26(2,3)33-25(32)29-17-15-28(16-18-29)22-13-14-30(21-7-5-4-6-8-21)24(31)23(22)19-9-11-20(27)12-10-19/h4-14H,15-18H2,1-3H3. The quantitative estimate of drug-likeness (QED) is 0.582. The van der Waals surface area contributed by atoms with Crippen molar-refractivity contribution >= 4 is 11.8 Å². The fourth-order valence-electron chi connectivity index (χ4n) is 3.93. The number of amides is 1. The van der Waals surface area contributed by atoms with Crippen molar-refractivity contribution in [2.75, 3.05) is 31.1 Å². The van der Waals surface area contributed by atoms with Gasteiger partial charge in [0.1, 0.15) is 11.4 Å². The van der Waals surface area contributed by atoms with Gasteiger partial charge in [0.15, 0.2) is 0 Å². The number of hydrogen-bond donors (Lipinski definition) is 0. The van der Waals surface area contributed by atoms with Crippen LogP contribution in [-0.2, 0) is 4.74 Å². The lowest BCUT2D eigenvalue weighted by Crippen LogP contribution is -2.50. The van der Waals surface area contributed by atoms with E-state index >= 15 is 0 Å². The summed E-state index contributed by atoms with van der Waals surface area (Å²) in [6.07, 6.45) is 1.43. The van der Waals surface area contributed by atoms with Crippen LogP contribution < -0.4 is 10.5 Å². The van der Waals surface area contributed by atoms with E-state index in [0.29, 0.717) is 37.3 Å². The zero-order valence-electron chi connectivity index (χ0n) is 19.1. The molecule has 0 N–H and O–H groups in total. The Morgan fingerprint density at radius 1 is 0.909 bits per heavy atom. The van der Waals surface area contributed by atoms with E-state index < -0.39 is 5.60 Å². The van der Waals surface area contributed by atoms with Crippen molar-refractivity contribution in [3.05, 3.63) is 83.0 Å². The average Bonchev–Trinajstić information content (AvgIpc) is 2.79. The normalized spacial score (nSPS) is 14.3. The molecule has 1 saturated heterocycles. The maximum atomic E-state index is 13.6. The molecular weight excluding hydrogens is 421 g/mol. The second-order valence-electron chi connectivity index (χ2n) is 9.05. The van der Waals surface area contributed by atoms with Crippen molar-refractivity contribution in [1.29, 1.82) is 0 Å². The predicted molar refractivity (Wildman–Crippen MR) is 127 cm³/mol. The molecule has 3 aromatic rings. The maximum Gasteiger partial charge on any atom is 0.410 e. The molecule has 6 nitrogen and oxygen atoms in total. The van der Waals surface area contributed by atoms with E-state index in [1.165, 1.54) is 12.1 Å². The van der Waals surface area contributed by atoms with Crippen LogP contribution in [0.1, 0.15) is 20.8 Å². The SMILES string of the molecule is CC(C)(C)OC(=O)N1CCN(c2ccn(-c3ccccc3)c(=O)c2-c2ccc(F)cc2)CC1. The van der Waals surface area contributed by atoms with Crippen molar-refractivity contribution < 1.29 is 13.9 Å². The summed E-state index contributed by atoms with van der Waals surface area (Å²) < 4.78 is 20.7. The third-order valence-corrected chi connectivity index (χ3v) is 5.51. The van der Waals surface area contributed by atoms with E-state index in [-0.39, 0.29) is 17.5 Å². The smallest absolute Gasteiger partial charge is 0.410 e. The van der Waals surface area contributed by atoms with Crippen LogP contribution in [0.25, 0.3) is 16.8 Å². The van der Waals surface area contributed by atoms with Gasteiger partial charge in [-0.1, -0.05) is 30.3 Å². The van der Waals surface area contributed by atoms with Gasteiger partial charge in [0.2, 0.25) is 0 Å². The van der Waals surface area contributed by atoms with Gasteiger partial charge >= 0.3 is 6.09 Å². The van der Waals surface area contributed by atoms with E-state index in [9.17, 15) is 14.0 Å². The molecule has 1 fully saturated rings. The first-order valence-corrected chi connectivity index (χ1v) is 11.0. The molecule has 1 aromatic heterocycles. The average molecular weight is 450 g/mol. The predicted octanol–water partition coefficient (Wildman–Crippen LogP) is 4.70. The van der Waals surface area contributed by atoms with E-state index in [1.807, 2.05) is 57.2 Å². The minimum absolute atomic E-state index is 0.181. The minimum Gasteiger partial charge on any atom is -0.444 e. The molecule has 7 heteroatoms. The summed E-state index contributed by atoms with van der Waals surface area (Å²) in [6.45, 7) is 7.62. The number of pyridine rings is 1. The number of piperazine rings is 1. The van der Waals surface area contributed by atoms with Crippen LogP contribution in [-0.4, -0.2) is 47.3 Å². The number of nitrogens with zero attached hydrogens (tertiary/aromatic N) is 3. The number of hydrogen-bond acceptors (Lipinski definition) is 4. The number of benzene rings is 2. The molecule has 0 saturated carbocycles. The fraction of sp³-hybridized carbons (Fsp3) is 0.308. The van der Waals surface area contributed by atoms with Gasteiger partial charge in [0.25, 0.3) is 5.56 Å². The van der Waals surface area contributed by atoms with Gasteiger partial charge in [0.05, 0.1) is 11.3 Å².